The second-order valence-electron chi connectivity index (χ2n) is 4.52. The number of β-lactam (4-membered cyclic amide) rings is 1. The Labute approximate surface area is 111 Å². The smallest absolute Gasteiger partial charge is 0.408 e. The molecule has 0 saturated carbocycles. The molecule has 102 valence electrons. The van der Waals surface area contributed by atoms with E-state index in [1.807, 2.05) is 18.2 Å². The van der Waals surface area contributed by atoms with Crippen LogP contribution in [0, 0.1) is 0 Å². The third-order valence-corrected chi connectivity index (χ3v) is 3.20. The Morgan fingerprint density at radius 3 is 2.84 bits per heavy atom. The summed E-state index contributed by atoms with van der Waals surface area (Å²) in [5.41, 5.74) is 1.01. The van der Waals surface area contributed by atoms with Crippen LogP contribution in [0.1, 0.15) is 18.5 Å². The zero-order valence-corrected chi connectivity index (χ0v) is 10.6. The summed E-state index contributed by atoms with van der Waals surface area (Å²) in [7, 11) is 0. The van der Waals surface area contributed by atoms with Crippen molar-refractivity contribution >= 4 is 12.0 Å². The lowest BCUT2D eigenvalue weighted by Gasteiger charge is -2.34. The number of aryl methyl sites for hydroxylation is 1. The quantitative estimate of drug-likeness (QED) is 0.589. The van der Waals surface area contributed by atoms with Crippen LogP contribution in [0.4, 0.5) is 4.79 Å². The fourth-order valence-electron chi connectivity index (χ4n) is 2.05. The molecular formula is C13H17N3O3. The van der Waals surface area contributed by atoms with E-state index in [1.54, 1.807) is 6.20 Å². The first kappa shape index (κ1) is 13.3. The molecule has 2 N–H and O–H groups in total. The van der Waals surface area contributed by atoms with Crippen LogP contribution in [-0.4, -0.2) is 46.1 Å². The highest BCUT2D eigenvalue weighted by molar-refractivity contribution is 5.90. The molecule has 1 unspecified atom stereocenters. The van der Waals surface area contributed by atoms with Crippen LogP contribution in [0.5, 0.6) is 0 Å². The summed E-state index contributed by atoms with van der Waals surface area (Å²) < 4.78 is 0. The summed E-state index contributed by atoms with van der Waals surface area (Å²) in [4.78, 5) is 27.7. The Morgan fingerprint density at radius 2 is 2.32 bits per heavy atom. The maximum absolute atomic E-state index is 11.2. The summed E-state index contributed by atoms with van der Waals surface area (Å²) in [6.07, 6.45) is 3.13. The second kappa shape index (κ2) is 6.17. The number of nitrogens with zero attached hydrogens (tertiary/aromatic N) is 2. The van der Waals surface area contributed by atoms with E-state index >= 15 is 0 Å². The van der Waals surface area contributed by atoms with Gasteiger partial charge in [-0.1, -0.05) is 6.07 Å². The van der Waals surface area contributed by atoms with Crippen molar-refractivity contribution in [2.45, 2.75) is 25.3 Å². The fraction of sp³-hybridized carbons (Fsp3) is 0.462. The van der Waals surface area contributed by atoms with Gasteiger partial charge in [0.2, 0.25) is 5.91 Å². The number of amides is 2. The SMILES string of the molecule is O=C1NCC1N(CCCCc1ccccn1)C(=O)O. The van der Waals surface area contributed by atoms with E-state index in [2.05, 4.69) is 10.3 Å². The molecule has 0 radical (unpaired) electrons. The lowest BCUT2D eigenvalue weighted by atomic mass is 10.1. The van der Waals surface area contributed by atoms with Gasteiger partial charge in [-0.15, -0.1) is 0 Å². The topological polar surface area (TPSA) is 82.5 Å². The van der Waals surface area contributed by atoms with Crippen LogP contribution in [0.25, 0.3) is 0 Å². The van der Waals surface area contributed by atoms with E-state index in [1.165, 1.54) is 4.90 Å². The third kappa shape index (κ3) is 3.43. The van der Waals surface area contributed by atoms with Crippen molar-refractivity contribution in [2.24, 2.45) is 0 Å². The third-order valence-electron chi connectivity index (χ3n) is 3.20. The molecule has 1 aliphatic heterocycles. The van der Waals surface area contributed by atoms with Crippen LogP contribution in [0.2, 0.25) is 0 Å². The monoisotopic (exact) mass is 263 g/mol. The van der Waals surface area contributed by atoms with Crippen LogP contribution in [-0.2, 0) is 11.2 Å². The molecule has 2 heterocycles. The van der Waals surface area contributed by atoms with E-state index in [0.717, 1.165) is 25.0 Å². The molecule has 1 aromatic rings. The zero-order chi connectivity index (χ0) is 13.7. The average molecular weight is 263 g/mol. The molecule has 19 heavy (non-hydrogen) atoms. The molecule has 1 aliphatic rings. The predicted octanol–water partition coefficient (Wildman–Crippen LogP) is 0.883. The van der Waals surface area contributed by atoms with Gasteiger partial charge in [0.1, 0.15) is 6.04 Å². The number of unbranched alkanes of at least 4 members (excludes halogenated alkanes) is 1. The number of pyridine rings is 1. The average Bonchev–Trinajstić information content (AvgIpc) is 2.41. The molecule has 6 nitrogen and oxygen atoms in total. The largest absolute Gasteiger partial charge is 0.465 e. The molecule has 2 rings (SSSR count). The normalized spacial score (nSPS) is 17.5. The molecule has 0 spiro atoms. The number of carbonyl (C=O) groups excluding carboxylic acids is 1. The van der Waals surface area contributed by atoms with Crippen molar-refractivity contribution in [3.05, 3.63) is 30.1 Å². The Morgan fingerprint density at radius 1 is 1.47 bits per heavy atom. The first-order chi connectivity index (χ1) is 9.18. The van der Waals surface area contributed by atoms with Gasteiger partial charge in [-0.05, 0) is 31.4 Å². The van der Waals surface area contributed by atoms with Crippen molar-refractivity contribution < 1.29 is 14.7 Å². The van der Waals surface area contributed by atoms with Gasteiger partial charge in [0.25, 0.3) is 0 Å². The molecule has 1 atom stereocenters. The number of hydrogen-bond donors (Lipinski definition) is 2. The highest BCUT2D eigenvalue weighted by atomic mass is 16.4. The molecule has 1 saturated heterocycles. The van der Waals surface area contributed by atoms with Crippen LogP contribution >= 0.6 is 0 Å². The molecular weight excluding hydrogens is 246 g/mol. The lowest BCUT2D eigenvalue weighted by molar-refractivity contribution is -0.132. The Bertz CT molecular complexity index is 450. The van der Waals surface area contributed by atoms with Gasteiger partial charge in [-0.3, -0.25) is 14.7 Å². The van der Waals surface area contributed by atoms with Crippen molar-refractivity contribution in [2.75, 3.05) is 13.1 Å². The zero-order valence-electron chi connectivity index (χ0n) is 10.6. The fourth-order valence-corrected chi connectivity index (χ4v) is 2.05. The maximum Gasteiger partial charge on any atom is 0.408 e. The van der Waals surface area contributed by atoms with E-state index in [0.29, 0.717) is 13.1 Å². The van der Waals surface area contributed by atoms with Gasteiger partial charge in [0.15, 0.2) is 0 Å². The highest BCUT2D eigenvalue weighted by Gasteiger charge is 2.35. The first-order valence-electron chi connectivity index (χ1n) is 6.35. The highest BCUT2D eigenvalue weighted by Crippen LogP contribution is 2.10. The van der Waals surface area contributed by atoms with Crippen molar-refractivity contribution in [3.63, 3.8) is 0 Å². The molecule has 0 bridgehead atoms. The lowest BCUT2D eigenvalue weighted by Crippen LogP contribution is -2.63. The van der Waals surface area contributed by atoms with Crippen molar-refractivity contribution in [1.29, 1.82) is 0 Å². The van der Waals surface area contributed by atoms with Gasteiger partial charge in [-0.2, -0.15) is 0 Å². The van der Waals surface area contributed by atoms with Gasteiger partial charge < -0.3 is 10.4 Å². The Hall–Kier alpha value is -2.11. The standard InChI is InChI=1S/C13H17N3O3/c17-12-11(9-15-12)16(13(18)19)8-4-2-6-10-5-1-3-7-14-10/h1,3,5,7,11H,2,4,6,8-9H2,(H,15,17)(H,18,19). The van der Waals surface area contributed by atoms with E-state index in [-0.39, 0.29) is 5.91 Å². The summed E-state index contributed by atoms with van der Waals surface area (Å²) in [6.45, 7) is 0.811. The minimum Gasteiger partial charge on any atom is -0.465 e. The van der Waals surface area contributed by atoms with Crippen LogP contribution < -0.4 is 5.32 Å². The van der Waals surface area contributed by atoms with E-state index in [9.17, 15) is 9.59 Å². The van der Waals surface area contributed by atoms with Gasteiger partial charge in [-0.25, -0.2) is 4.79 Å². The molecule has 1 aromatic heterocycles. The summed E-state index contributed by atoms with van der Waals surface area (Å²) in [5.74, 6) is -0.202. The Balaban J connectivity index is 1.74. The minimum atomic E-state index is -1.03. The van der Waals surface area contributed by atoms with Crippen LogP contribution in [0.15, 0.2) is 24.4 Å². The first-order valence-corrected chi connectivity index (χ1v) is 6.35. The number of aromatic nitrogens is 1. The van der Waals surface area contributed by atoms with Gasteiger partial charge in [0, 0.05) is 25.0 Å². The predicted molar refractivity (Wildman–Crippen MR) is 68.7 cm³/mol. The van der Waals surface area contributed by atoms with Gasteiger partial charge in [0.05, 0.1) is 0 Å². The van der Waals surface area contributed by atoms with Crippen molar-refractivity contribution in [1.82, 2.24) is 15.2 Å². The number of hydrogen-bond acceptors (Lipinski definition) is 3. The van der Waals surface area contributed by atoms with E-state index < -0.39 is 12.1 Å². The molecule has 0 aromatic carbocycles. The summed E-state index contributed by atoms with van der Waals surface area (Å²) in [5, 5.41) is 11.6. The number of rotatable bonds is 6. The van der Waals surface area contributed by atoms with E-state index in [4.69, 9.17) is 5.11 Å². The maximum atomic E-state index is 11.2. The molecule has 1 fully saturated rings. The number of carbonyl (C=O) groups is 2. The second-order valence-corrected chi connectivity index (χ2v) is 4.52. The van der Waals surface area contributed by atoms with Crippen LogP contribution in [0.3, 0.4) is 0 Å². The van der Waals surface area contributed by atoms with Crippen molar-refractivity contribution in [3.8, 4) is 0 Å². The number of nitrogens with one attached hydrogen (secondary N) is 1. The summed E-state index contributed by atoms with van der Waals surface area (Å²) in [6, 6.07) is 5.25. The van der Waals surface area contributed by atoms with Gasteiger partial charge >= 0.3 is 6.09 Å². The number of carboxylic acid groups (broad SMARTS) is 1. The Kier molecular flexibility index (Phi) is 4.33. The molecule has 2 amide bonds. The molecule has 0 aliphatic carbocycles. The molecule has 6 heteroatoms. The summed E-state index contributed by atoms with van der Waals surface area (Å²) >= 11 is 0. The minimum absolute atomic E-state index is 0.202.